The molecule has 0 aliphatic heterocycles. The molecule has 0 aliphatic rings. The Morgan fingerprint density at radius 1 is 0.822 bits per heavy atom. The van der Waals surface area contributed by atoms with E-state index in [9.17, 15) is 31.1 Å². The van der Waals surface area contributed by atoms with Crippen LogP contribution in [0, 0.1) is 17.5 Å². The third kappa shape index (κ3) is 7.38. The van der Waals surface area contributed by atoms with Gasteiger partial charge in [0.15, 0.2) is 11.6 Å². The Labute approximate surface area is 253 Å². The normalized spacial score (nSPS) is 14.4. The highest BCUT2D eigenvalue weighted by molar-refractivity contribution is 5.95. The minimum atomic E-state index is -3.67. The van der Waals surface area contributed by atoms with Crippen molar-refractivity contribution in [2.75, 3.05) is 7.11 Å². The van der Waals surface area contributed by atoms with Crippen molar-refractivity contribution in [1.82, 2.24) is 5.32 Å². The van der Waals surface area contributed by atoms with Crippen LogP contribution >= 0.6 is 0 Å². The first-order valence-corrected chi connectivity index (χ1v) is 13.4. The lowest BCUT2D eigenvalue weighted by molar-refractivity contribution is -0.152. The van der Waals surface area contributed by atoms with Gasteiger partial charge in [-0.1, -0.05) is 36.4 Å². The molecule has 1 amide bonds. The molecule has 4 nitrogen and oxygen atoms in total. The maximum Gasteiger partial charge on any atom is 0.306 e. The molecule has 1 N–H and O–H groups in total. The molecule has 0 saturated carbocycles. The van der Waals surface area contributed by atoms with Gasteiger partial charge in [-0.15, -0.1) is 0 Å². The molecule has 0 aliphatic carbocycles. The summed E-state index contributed by atoms with van der Waals surface area (Å²) in [7, 11) is 1.21. The molecule has 0 spiro atoms. The lowest BCUT2D eigenvalue weighted by Gasteiger charge is -2.37. The molecular formula is C33H27F8NO3. The van der Waals surface area contributed by atoms with Crippen molar-refractivity contribution in [1.29, 1.82) is 0 Å². The van der Waals surface area contributed by atoms with Gasteiger partial charge in [-0.2, -0.15) is 4.39 Å². The highest BCUT2D eigenvalue weighted by atomic mass is 19.3. The topological polar surface area (TPSA) is 47.6 Å². The van der Waals surface area contributed by atoms with Crippen LogP contribution in [-0.4, -0.2) is 25.3 Å². The molecule has 0 heterocycles. The number of hydrogen-bond donors (Lipinski definition) is 1. The second-order valence-electron chi connectivity index (χ2n) is 10.5. The fourth-order valence-electron chi connectivity index (χ4n) is 4.81. The van der Waals surface area contributed by atoms with E-state index >= 15 is 8.78 Å². The Balaban J connectivity index is 2.00. The molecule has 0 saturated heterocycles. The number of nitrogens with one attached hydrogen (secondary N) is 1. The van der Waals surface area contributed by atoms with E-state index in [0.29, 0.717) is 37.6 Å². The van der Waals surface area contributed by atoms with E-state index in [1.807, 2.05) is 0 Å². The first-order chi connectivity index (χ1) is 21.1. The number of alkyl halides is 5. The van der Waals surface area contributed by atoms with E-state index < -0.39 is 64.0 Å². The van der Waals surface area contributed by atoms with Crippen LogP contribution in [0.15, 0.2) is 84.9 Å². The first-order valence-electron chi connectivity index (χ1n) is 13.4. The molecule has 1 unspecified atom stereocenters. The van der Waals surface area contributed by atoms with Gasteiger partial charge in [-0.05, 0) is 59.2 Å². The number of halogens is 8. The third-order valence-corrected chi connectivity index (χ3v) is 7.06. The molecule has 0 fully saturated rings. The number of methoxy groups -OCH3 is 1. The summed E-state index contributed by atoms with van der Waals surface area (Å²) in [5.41, 5.74) is -3.26. The zero-order valence-corrected chi connectivity index (χ0v) is 24.1. The van der Waals surface area contributed by atoms with Crippen molar-refractivity contribution >= 4 is 5.91 Å². The lowest BCUT2D eigenvalue weighted by Crippen LogP contribution is -2.49. The average molecular weight is 638 g/mol. The third-order valence-electron chi connectivity index (χ3n) is 7.06. The molecule has 2 atom stereocenters. The van der Waals surface area contributed by atoms with Crippen LogP contribution in [0.2, 0.25) is 0 Å². The Kier molecular flexibility index (Phi) is 9.46. The van der Waals surface area contributed by atoms with Crippen molar-refractivity contribution in [2.45, 2.75) is 44.0 Å². The van der Waals surface area contributed by atoms with Gasteiger partial charge >= 0.3 is 12.3 Å². The van der Waals surface area contributed by atoms with E-state index in [1.165, 1.54) is 19.2 Å². The van der Waals surface area contributed by atoms with Crippen molar-refractivity contribution in [3.8, 4) is 11.5 Å². The summed E-state index contributed by atoms with van der Waals surface area (Å²) in [6, 6.07) is 16.5. The Bertz CT molecular complexity index is 1670. The molecule has 4 aromatic carbocycles. The molecule has 0 bridgehead atoms. The minimum absolute atomic E-state index is 0.0328. The number of carbonyl (C=O) groups excluding carboxylic acids is 1. The first kappa shape index (κ1) is 33.3. The number of rotatable bonds is 11. The smallest absolute Gasteiger partial charge is 0.306 e. The van der Waals surface area contributed by atoms with Gasteiger partial charge in [0, 0.05) is 31.9 Å². The van der Waals surface area contributed by atoms with Crippen LogP contribution in [-0.2, 0) is 17.9 Å². The van der Waals surface area contributed by atoms with Gasteiger partial charge in [0.1, 0.15) is 17.4 Å². The van der Waals surface area contributed by atoms with Crippen molar-refractivity contribution in [3.63, 3.8) is 0 Å². The van der Waals surface area contributed by atoms with Gasteiger partial charge in [0.25, 0.3) is 11.8 Å². The molecule has 4 aromatic rings. The fraction of sp³-hybridized carbons (Fsp3) is 0.242. The van der Waals surface area contributed by atoms with E-state index in [2.05, 4.69) is 5.32 Å². The van der Waals surface area contributed by atoms with Gasteiger partial charge in [0.05, 0.1) is 18.2 Å². The van der Waals surface area contributed by atoms with Gasteiger partial charge in [-0.25, -0.2) is 30.7 Å². The zero-order valence-electron chi connectivity index (χ0n) is 24.1. The Morgan fingerprint density at radius 2 is 1.51 bits per heavy atom. The second-order valence-corrected chi connectivity index (χ2v) is 10.5. The quantitative estimate of drug-likeness (QED) is 0.168. The summed E-state index contributed by atoms with van der Waals surface area (Å²) in [6.07, 6.45) is -3.88. The summed E-state index contributed by atoms with van der Waals surface area (Å²) in [6.45, 7) is 0.884. The highest BCUT2D eigenvalue weighted by Gasteiger charge is 2.41. The van der Waals surface area contributed by atoms with Crippen LogP contribution in [0.4, 0.5) is 35.1 Å². The number of carbonyl (C=O) groups is 1. The van der Waals surface area contributed by atoms with Crippen LogP contribution in [0.25, 0.3) is 0 Å². The molecule has 45 heavy (non-hydrogen) atoms. The summed E-state index contributed by atoms with van der Waals surface area (Å²) < 4.78 is 124. The maximum absolute atomic E-state index is 15.2. The van der Waals surface area contributed by atoms with Gasteiger partial charge in [-0.3, -0.25) is 4.79 Å². The monoisotopic (exact) mass is 637 g/mol. The van der Waals surface area contributed by atoms with E-state index in [0.717, 1.165) is 24.3 Å². The second kappa shape index (κ2) is 12.8. The molecular weight excluding hydrogens is 610 g/mol. The van der Waals surface area contributed by atoms with Crippen molar-refractivity contribution in [2.24, 2.45) is 0 Å². The predicted octanol–water partition coefficient (Wildman–Crippen LogP) is 8.47. The molecule has 238 valence electrons. The largest absolute Gasteiger partial charge is 0.494 e. The molecule has 4 rings (SSSR count). The van der Waals surface area contributed by atoms with Crippen LogP contribution < -0.4 is 14.8 Å². The number of hydrogen-bond acceptors (Lipinski definition) is 3. The highest BCUT2D eigenvalue weighted by Crippen LogP contribution is 2.39. The summed E-state index contributed by atoms with van der Waals surface area (Å²) in [5.74, 6) is -12.4. The lowest BCUT2D eigenvalue weighted by atomic mass is 9.77. The minimum Gasteiger partial charge on any atom is -0.494 e. The summed E-state index contributed by atoms with van der Waals surface area (Å²) in [4.78, 5) is 13.8. The zero-order chi connectivity index (χ0) is 33.2. The van der Waals surface area contributed by atoms with E-state index in [-0.39, 0.29) is 23.3 Å². The van der Waals surface area contributed by atoms with Crippen LogP contribution in [0.5, 0.6) is 11.5 Å². The van der Waals surface area contributed by atoms with Crippen LogP contribution in [0.3, 0.4) is 0 Å². The van der Waals surface area contributed by atoms with E-state index in [4.69, 9.17) is 9.47 Å². The van der Waals surface area contributed by atoms with Gasteiger partial charge < -0.3 is 14.8 Å². The molecule has 12 heteroatoms. The standard InChI is InChI=1S/C33H27F8NO3/c1-31(39,40)25-13-20(9-11-26(25)35)29(43)42-33(18-19-7-5-4-6-8-19,21-10-12-28(44-3)27(36)16-21)22-14-23(34)17-24(15-22)45-32(2,41)30(37)38/h4-17,30H,18H2,1-3H3,(H,42,43)/t32?,33-/m1/s1. The Morgan fingerprint density at radius 3 is 2.11 bits per heavy atom. The maximum atomic E-state index is 15.2. The SMILES string of the molecule is COc1ccc([C@@](Cc2ccccc2)(NC(=O)c2ccc(F)c(C(C)(F)F)c2)c2cc(F)cc(OC(C)(F)C(F)F)c2)cc1F. The van der Waals surface area contributed by atoms with Crippen molar-refractivity contribution < 1.29 is 49.4 Å². The number of ether oxygens (including phenoxy) is 2. The molecule has 0 radical (unpaired) electrons. The number of amides is 1. The van der Waals surface area contributed by atoms with Crippen LogP contribution in [0.1, 0.15) is 46.5 Å². The number of benzene rings is 4. The summed E-state index contributed by atoms with van der Waals surface area (Å²) >= 11 is 0. The average Bonchev–Trinajstić information content (AvgIpc) is 2.96. The Hall–Kier alpha value is -4.61. The summed E-state index contributed by atoms with van der Waals surface area (Å²) in [5, 5.41) is 2.65. The van der Waals surface area contributed by atoms with Gasteiger partial charge in [0.2, 0.25) is 0 Å². The van der Waals surface area contributed by atoms with E-state index in [1.54, 1.807) is 30.3 Å². The molecule has 0 aromatic heterocycles. The predicted molar refractivity (Wildman–Crippen MR) is 150 cm³/mol. The van der Waals surface area contributed by atoms with Crippen molar-refractivity contribution in [3.05, 3.63) is 130 Å². The fourth-order valence-corrected chi connectivity index (χ4v) is 4.81.